The molecular weight excluding hydrogens is 220 g/mol. The zero-order valence-electron chi connectivity index (χ0n) is 10.2. The van der Waals surface area contributed by atoms with E-state index in [9.17, 15) is 10.2 Å². The van der Waals surface area contributed by atoms with Gasteiger partial charge in [-0.1, -0.05) is 18.2 Å². The van der Waals surface area contributed by atoms with Crippen molar-refractivity contribution in [3.05, 3.63) is 30.3 Å². The lowest BCUT2D eigenvalue weighted by atomic mass is 10.3. The lowest BCUT2D eigenvalue weighted by Gasteiger charge is -2.39. The van der Waals surface area contributed by atoms with Gasteiger partial charge in [-0.05, 0) is 26.0 Å². The maximum atomic E-state index is 9.68. The lowest BCUT2D eigenvalue weighted by Crippen LogP contribution is -2.53. The maximum absolute atomic E-state index is 9.68. The number of anilines is 1. The van der Waals surface area contributed by atoms with Gasteiger partial charge in [-0.25, -0.2) is 0 Å². The summed E-state index contributed by atoms with van der Waals surface area (Å²) in [5.41, 5.74) is 0.809. The zero-order valence-corrected chi connectivity index (χ0v) is 10.2. The molecule has 0 aliphatic carbocycles. The summed E-state index contributed by atoms with van der Waals surface area (Å²) in [4.78, 5) is 0. The van der Waals surface area contributed by atoms with Crippen molar-refractivity contribution in [3.63, 3.8) is 0 Å². The molecular formula is C12H20N2O3. The van der Waals surface area contributed by atoms with Crippen LogP contribution in [0.5, 0.6) is 0 Å². The minimum Gasteiger partial charge on any atom is -0.394 e. The van der Waals surface area contributed by atoms with Crippen LogP contribution in [0, 0.1) is 0 Å². The normalized spacial score (nSPS) is 14.7. The van der Waals surface area contributed by atoms with Crippen molar-refractivity contribution in [2.24, 2.45) is 0 Å². The Labute approximate surface area is 101 Å². The van der Waals surface area contributed by atoms with E-state index < -0.39 is 12.5 Å². The van der Waals surface area contributed by atoms with E-state index in [-0.39, 0.29) is 6.61 Å². The van der Waals surface area contributed by atoms with Crippen molar-refractivity contribution >= 4 is 5.69 Å². The fourth-order valence-corrected chi connectivity index (χ4v) is 1.79. The third kappa shape index (κ3) is 3.67. The summed E-state index contributed by atoms with van der Waals surface area (Å²) >= 11 is 0. The highest BCUT2D eigenvalue weighted by Gasteiger charge is 2.23. The predicted molar refractivity (Wildman–Crippen MR) is 66.1 cm³/mol. The first-order valence-electron chi connectivity index (χ1n) is 5.65. The number of benzene rings is 1. The van der Waals surface area contributed by atoms with E-state index >= 15 is 0 Å². The second-order valence-electron chi connectivity index (χ2n) is 3.83. The number of aliphatic hydroxyl groups is 3. The monoisotopic (exact) mass is 240 g/mol. The smallest absolute Gasteiger partial charge is 0.124 e. The van der Waals surface area contributed by atoms with E-state index in [2.05, 4.69) is 0 Å². The van der Waals surface area contributed by atoms with Gasteiger partial charge in [-0.3, -0.25) is 5.01 Å². The van der Waals surface area contributed by atoms with Gasteiger partial charge in [0.15, 0.2) is 0 Å². The summed E-state index contributed by atoms with van der Waals surface area (Å²) in [5.74, 6) is 0. The van der Waals surface area contributed by atoms with Gasteiger partial charge in [0.25, 0.3) is 0 Å². The van der Waals surface area contributed by atoms with Crippen LogP contribution < -0.4 is 5.01 Å². The molecule has 0 bridgehead atoms. The molecule has 0 radical (unpaired) electrons. The molecule has 5 nitrogen and oxygen atoms in total. The van der Waals surface area contributed by atoms with Gasteiger partial charge < -0.3 is 15.3 Å². The predicted octanol–water partition coefficient (Wildman–Crippen LogP) is 0.379. The van der Waals surface area contributed by atoms with Gasteiger partial charge in [0.1, 0.15) is 12.5 Å². The third-order valence-electron chi connectivity index (χ3n) is 2.41. The summed E-state index contributed by atoms with van der Waals surface area (Å²) in [6.07, 6.45) is -1.69. The molecule has 0 amide bonds. The SMILES string of the molecule is CC(O)N(C(C)O)N(CCO)c1ccccc1. The molecule has 0 saturated carbocycles. The van der Waals surface area contributed by atoms with Crippen LogP contribution in [0.25, 0.3) is 0 Å². The maximum Gasteiger partial charge on any atom is 0.124 e. The first-order valence-corrected chi connectivity index (χ1v) is 5.65. The van der Waals surface area contributed by atoms with Crippen LogP contribution >= 0.6 is 0 Å². The second-order valence-corrected chi connectivity index (χ2v) is 3.83. The summed E-state index contributed by atoms with van der Waals surface area (Å²) in [5, 5.41) is 31.5. The number of para-hydroxylation sites is 1. The van der Waals surface area contributed by atoms with Crippen molar-refractivity contribution in [1.29, 1.82) is 0 Å². The van der Waals surface area contributed by atoms with Crippen LogP contribution in [-0.2, 0) is 0 Å². The average molecular weight is 240 g/mol. The van der Waals surface area contributed by atoms with Crippen LogP contribution in [0.2, 0.25) is 0 Å². The van der Waals surface area contributed by atoms with E-state index in [4.69, 9.17) is 5.11 Å². The number of rotatable bonds is 6. The summed E-state index contributed by atoms with van der Waals surface area (Å²) in [7, 11) is 0. The van der Waals surface area contributed by atoms with E-state index in [0.717, 1.165) is 5.69 Å². The summed E-state index contributed by atoms with van der Waals surface area (Å²) in [6, 6.07) is 9.32. The Morgan fingerprint density at radius 2 is 1.59 bits per heavy atom. The molecule has 17 heavy (non-hydrogen) atoms. The molecule has 96 valence electrons. The van der Waals surface area contributed by atoms with Crippen molar-refractivity contribution in [2.45, 2.75) is 26.3 Å². The average Bonchev–Trinajstić information content (AvgIpc) is 2.28. The Balaban J connectivity index is 2.98. The lowest BCUT2D eigenvalue weighted by molar-refractivity contribution is -0.0927. The van der Waals surface area contributed by atoms with E-state index in [0.29, 0.717) is 6.54 Å². The molecule has 0 spiro atoms. The van der Waals surface area contributed by atoms with Crippen LogP contribution in [0.4, 0.5) is 5.69 Å². The Bertz CT molecular complexity index is 309. The second kappa shape index (κ2) is 6.56. The first kappa shape index (κ1) is 13.9. The molecule has 2 unspecified atom stereocenters. The minimum absolute atomic E-state index is 0.0646. The minimum atomic E-state index is -0.846. The van der Waals surface area contributed by atoms with Crippen molar-refractivity contribution in [3.8, 4) is 0 Å². The third-order valence-corrected chi connectivity index (χ3v) is 2.41. The van der Waals surface area contributed by atoms with Crippen LogP contribution in [0.1, 0.15) is 13.8 Å². The Morgan fingerprint density at radius 1 is 1.06 bits per heavy atom. The van der Waals surface area contributed by atoms with E-state index in [1.165, 1.54) is 5.01 Å². The van der Waals surface area contributed by atoms with Crippen LogP contribution in [0.3, 0.4) is 0 Å². The highest BCUT2D eigenvalue weighted by Crippen LogP contribution is 2.18. The highest BCUT2D eigenvalue weighted by atomic mass is 16.3. The number of nitrogens with zero attached hydrogens (tertiary/aromatic N) is 2. The van der Waals surface area contributed by atoms with Gasteiger partial charge >= 0.3 is 0 Å². The first-order chi connectivity index (χ1) is 8.07. The molecule has 3 N–H and O–H groups in total. The fraction of sp³-hybridized carbons (Fsp3) is 0.500. The van der Waals surface area contributed by atoms with Crippen molar-refractivity contribution in [2.75, 3.05) is 18.2 Å². The van der Waals surface area contributed by atoms with Gasteiger partial charge in [0.05, 0.1) is 18.8 Å². The van der Waals surface area contributed by atoms with Crippen LogP contribution in [-0.4, -0.2) is 45.9 Å². The standard InChI is InChI=1S/C12H20N2O3/c1-10(16)14(11(2)17)13(8-9-15)12-6-4-3-5-7-12/h3-7,10-11,15-17H,8-9H2,1-2H3. The molecule has 2 atom stereocenters. The van der Waals surface area contributed by atoms with Crippen molar-refractivity contribution in [1.82, 2.24) is 5.01 Å². The molecule has 0 aromatic heterocycles. The number of hydrogen-bond donors (Lipinski definition) is 3. The van der Waals surface area contributed by atoms with Gasteiger partial charge in [-0.2, -0.15) is 5.01 Å². The van der Waals surface area contributed by atoms with Gasteiger partial charge in [0.2, 0.25) is 0 Å². The molecule has 0 heterocycles. The molecule has 0 saturated heterocycles. The molecule has 5 heteroatoms. The van der Waals surface area contributed by atoms with Gasteiger partial charge in [0, 0.05) is 0 Å². The largest absolute Gasteiger partial charge is 0.394 e. The van der Waals surface area contributed by atoms with Crippen LogP contribution in [0.15, 0.2) is 30.3 Å². The molecule has 1 rings (SSSR count). The van der Waals surface area contributed by atoms with E-state index in [1.807, 2.05) is 30.3 Å². The van der Waals surface area contributed by atoms with Gasteiger partial charge in [-0.15, -0.1) is 0 Å². The number of hydrazine groups is 1. The highest BCUT2D eigenvalue weighted by molar-refractivity contribution is 5.44. The summed E-state index contributed by atoms with van der Waals surface area (Å²) in [6.45, 7) is 3.38. The fourth-order valence-electron chi connectivity index (χ4n) is 1.79. The quantitative estimate of drug-likeness (QED) is 0.495. The molecule has 0 aliphatic heterocycles. The Kier molecular flexibility index (Phi) is 5.37. The Hall–Kier alpha value is -1.14. The molecule has 1 aromatic rings. The number of hydrogen-bond acceptors (Lipinski definition) is 5. The molecule has 1 aromatic carbocycles. The topological polar surface area (TPSA) is 67.2 Å². The zero-order chi connectivity index (χ0) is 12.8. The molecule has 0 aliphatic rings. The Morgan fingerprint density at radius 3 is 2.00 bits per heavy atom. The van der Waals surface area contributed by atoms with E-state index in [1.54, 1.807) is 18.9 Å². The number of aliphatic hydroxyl groups excluding tert-OH is 3. The van der Waals surface area contributed by atoms with Crippen molar-refractivity contribution < 1.29 is 15.3 Å². The molecule has 0 fully saturated rings. The summed E-state index contributed by atoms with van der Waals surface area (Å²) < 4.78 is 0.